The highest BCUT2D eigenvalue weighted by atomic mass is 35.5. The molecule has 0 aliphatic carbocycles. The Hall–Kier alpha value is -4.02. The maximum atomic E-state index is 13.0. The number of halogens is 2. The molecule has 3 aromatic heterocycles. The lowest BCUT2D eigenvalue weighted by molar-refractivity contribution is -0.384. The summed E-state index contributed by atoms with van der Waals surface area (Å²) in [7, 11) is 0. The third kappa shape index (κ3) is 5.96. The number of furan rings is 1. The summed E-state index contributed by atoms with van der Waals surface area (Å²) < 4.78 is 7.19. The van der Waals surface area contributed by atoms with Gasteiger partial charge < -0.3 is 25.4 Å². The molecule has 36 heavy (non-hydrogen) atoms. The van der Waals surface area contributed by atoms with E-state index in [0.717, 1.165) is 0 Å². The molecule has 0 atom stereocenters. The summed E-state index contributed by atoms with van der Waals surface area (Å²) in [6, 6.07) is 11.5. The van der Waals surface area contributed by atoms with E-state index < -0.39 is 4.92 Å². The second-order valence-corrected chi connectivity index (χ2v) is 8.69. The number of amides is 1. The smallest absolute Gasteiger partial charge is 0.311 e. The molecule has 0 radical (unpaired) electrons. The number of nitro groups is 1. The molecule has 0 bridgehead atoms. The number of pyridine rings is 1. The number of rotatable bonds is 10. The third-order valence-corrected chi connectivity index (χ3v) is 5.90. The summed E-state index contributed by atoms with van der Waals surface area (Å²) in [6.07, 6.45) is 5.85. The number of aromatic nitrogens is 2. The molecule has 4 aromatic rings. The molecule has 0 saturated heterocycles. The van der Waals surface area contributed by atoms with Crippen LogP contribution in [0.3, 0.4) is 0 Å². The van der Waals surface area contributed by atoms with E-state index in [4.69, 9.17) is 33.4 Å². The van der Waals surface area contributed by atoms with Crippen molar-refractivity contribution in [1.82, 2.24) is 14.9 Å². The number of hydrogen-bond acceptors (Lipinski definition) is 7. The SMILES string of the molecule is Nc1nc(NCCCn2cc(C(=O)NCc3ccco3)c(-c3ccc(Cl)cc3Cl)c2)ccc1[N+](=O)[O-]. The Morgan fingerprint density at radius 3 is 2.69 bits per heavy atom. The number of benzene rings is 1. The lowest BCUT2D eigenvalue weighted by atomic mass is 10.0. The second kappa shape index (κ2) is 11.1. The molecule has 3 heterocycles. The van der Waals surface area contributed by atoms with Gasteiger partial charge in [0.05, 0.1) is 23.3 Å². The van der Waals surface area contributed by atoms with Crippen LogP contribution in [0.2, 0.25) is 10.0 Å². The Labute approximate surface area is 216 Å². The summed E-state index contributed by atoms with van der Waals surface area (Å²) in [5.41, 5.74) is 7.22. The Balaban J connectivity index is 1.46. The Morgan fingerprint density at radius 1 is 1.17 bits per heavy atom. The molecular formula is C24H22Cl2N6O4. The molecule has 4 N–H and O–H groups in total. The van der Waals surface area contributed by atoms with Gasteiger partial charge in [-0.05, 0) is 36.8 Å². The average Bonchev–Trinajstić information content (AvgIpc) is 3.50. The van der Waals surface area contributed by atoms with Gasteiger partial charge in [-0.1, -0.05) is 29.3 Å². The highest BCUT2D eigenvalue weighted by molar-refractivity contribution is 6.36. The fourth-order valence-electron chi connectivity index (χ4n) is 3.61. The van der Waals surface area contributed by atoms with E-state index in [1.165, 1.54) is 12.1 Å². The van der Waals surface area contributed by atoms with Gasteiger partial charge in [0.2, 0.25) is 5.82 Å². The molecule has 0 saturated carbocycles. The van der Waals surface area contributed by atoms with Gasteiger partial charge >= 0.3 is 5.69 Å². The predicted octanol–water partition coefficient (Wildman–Crippen LogP) is 5.37. The summed E-state index contributed by atoms with van der Waals surface area (Å²) in [4.78, 5) is 27.3. The first kappa shape index (κ1) is 25.1. The summed E-state index contributed by atoms with van der Waals surface area (Å²) in [5.74, 6) is 0.664. The Morgan fingerprint density at radius 2 is 2.00 bits per heavy atom. The molecule has 4 rings (SSSR count). The van der Waals surface area contributed by atoms with E-state index in [2.05, 4.69) is 15.6 Å². The fraction of sp³-hybridized carbons (Fsp3) is 0.167. The largest absolute Gasteiger partial charge is 0.467 e. The zero-order chi connectivity index (χ0) is 25.7. The highest BCUT2D eigenvalue weighted by Gasteiger charge is 2.19. The van der Waals surface area contributed by atoms with Crippen molar-refractivity contribution in [2.24, 2.45) is 0 Å². The summed E-state index contributed by atoms with van der Waals surface area (Å²) in [5, 5.41) is 17.8. The zero-order valence-electron chi connectivity index (χ0n) is 18.9. The van der Waals surface area contributed by atoms with Crippen molar-refractivity contribution in [3.8, 4) is 11.1 Å². The van der Waals surface area contributed by atoms with Crippen molar-refractivity contribution in [3.63, 3.8) is 0 Å². The van der Waals surface area contributed by atoms with Crippen molar-refractivity contribution >= 4 is 46.4 Å². The van der Waals surface area contributed by atoms with Gasteiger partial charge in [-0.25, -0.2) is 4.98 Å². The minimum absolute atomic E-state index is 0.148. The molecule has 0 unspecified atom stereocenters. The van der Waals surface area contributed by atoms with Crippen LogP contribution in [-0.4, -0.2) is 26.9 Å². The Bertz CT molecular complexity index is 1390. The van der Waals surface area contributed by atoms with E-state index >= 15 is 0 Å². The summed E-state index contributed by atoms with van der Waals surface area (Å²) >= 11 is 12.5. The average molecular weight is 529 g/mol. The first-order valence-electron chi connectivity index (χ1n) is 10.9. The molecule has 1 aromatic carbocycles. The molecule has 0 spiro atoms. The van der Waals surface area contributed by atoms with Crippen LogP contribution < -0.4 is 16.4 Å². The number of nitrogens with one attached hydrogen (secondary N) is 2. The molecule has 186 valence electrons. The number of nitrogen functional groups attached to an aromatic ring is 1. The molecule has 0 aliphatic rings. The molecule has 10 nitrogen and oxygen atoms in total. The van der Waals surface area contributed by atoms with Crippen LogP contribution in [0.5, 0.6) is 0 Å². The van der Waals surface area contributed by atoms with Crippen LogP contribution in [0.1, 0.15) is 22.5 Å². The Kier molecular flexibility index (Phi) is 7.77. The maximum absolute atomic E-state index is 13.0. The number of nitrogens with zero attached hydrogens (tertiary/aromatic N) is 3. The van der Waals surface area contributed by atoms with Gasteiger partial charge in [0.15, 0.2) is 0 Å². The van der Waals surface area contributed by atoms with E-state index in [1.54, 1.807) is 42.8 Å². The first-order chi connectivity index (χ1) is 17.3. The van der Waals surface area contributed by atoms with Crippen molar-refractivity contribution in [3.05, 3.63) is 92.6 Å². The van der Waals surface area contributed by atoms with Crippen molar-refractivity contribution in [1.29, 1.82) is 0 Å². The lowest BCUT2D eigenvalue weighted by Crippen LogP contribution is -2.22. The van der Waals surface area contributed by atoms with Crippen LogP contribution in [0.15, 0.2) is 65.5 Å². The first-order valence-corrected chi connectivity index (χ1v) is 11.7. The number of hydrogen-bond donors (Lipinski definition) is 3. The topological polar surface area (TPSA) is 141 Å². The van der Waals surface area contributed by atoms with Crippen LogP contribution in [0, 0.1) is 10.1 Å². The third-order valence-electron chi connectivity index (χ3n) is 5.35. The fourth-order valence-corrected chi connectivity index (χ4v) is 4.13. The van der Waals surface area contributed by atoms with Crippen LogP contribution >= 0.6 is 23.2 Å². The number of carbonyl (C=O) groups is 1. The highest BCUT2D eigenvalue weighted by Crippen LogP contribution is 2.33. The lowest BCUT2D eigenvalue weighted by Gasteiger charge is -2.07. The second-order valence-electron chi connectivity index (χ2n) is 7.85. The van der Waals surface area contributed by atoms with Crippen molar-refractivity contribution in [2.75, 3.05) is 17.6 Å². The number of nitrogens with two attached hydrogens (primary N) is 1. The number of aryl methyl sites for hydroxylation is 1. The van der Waals surface area contributed by atoms with Gasteiger partial charge in [-0.15, -0.1) is 0 Å². The predicted molar refractivity (Wildman–Crippen MR) is 138 cm³/mol. The van der Waals surface area contributed by atoms with Gasteiger partial charge in [-0.3, -0.25) is 14.9 Å². The molecule has 0 aliphatic heterocycles. The number of carbonyl (C=O) groups excluding carboxylic acids is 1. The van der Waals surface area contributed by atoms with Gasteiger partial charge in [0, 0.05) is 52.7 Å². The van der Waals surface area contributed by atoms with Gasteiger partial charge in [-0.2, -0.15) is 0 Å². The number of anilines is 2. The van der Waals surface area contributed by atoms with Crippen LogP contribution in [0.4, 0.5) is 17.3 Å². The van der Waals surface area contributed by atoms with Gasteiger partial charge in [0.1, 0.15) is 11.6 Å². The van der Waals surface area contributed by atoms with E-state index in [-0.39, 0.29) is 24.0 Å². The van der Waals surface area contributed by atoms with E-state index in [9.17, 15) is 14.9 Å². The zero-order valence-corrected chi connectivity index (χ0v) is 20.4. The van der Waals surface area contributed by atoms with Crippen molar-refractivity contribution < 1.29 is 14.1 Å². The van der Waals surface area contributed by atoms with Crippen LogP contribution in [-0.2, 0) is 13.1 Å². The quantitative estimate of drug-likeness (QED) is 0.142. The summed E-state index contributed by atoms with van der Waals surface area (Å²) in [6.45, 7) is 1.36. The maximum Gasteiger partial charge on any atom is 0.311 e. The molecule has 1 amide bonds. The van der Waals surface area contributed by atoms with Crippen molar-refractivity contribution in [2.45, 2.75) is 19.5 Å². The van der Waals surface area contributed by atoms with E-state index in [1.807, 2.05) is 10.8 Å². The standard InChI is InChI=1S/C24H22Cl2N6O4/c25-15-4-5-17(20(26)11-15)18-13-31(14-19(18)24(33)29-12-16-3-1-10-36-16)9-2-8-28-22-7-6-21(32(34)35)23(27)30-22/h1,3-7,10-11,13-14H,2,8-9,12H2,(H,29,33)(H3,27,28,30). The molecular weight excluding hydrogens is 507 g/mol. The monoisotopic (exact) mass is 528 g/mol. The minimum Gasteiger partial charge on any atom is -0.467 e. The normalized spacial score (nSPS) is 10.8. The van der Waals surface area contributed by atoms with Gasteiger partial charge in [0.25, 0.3) is 5.91 Å². The van der Waals surface area contributed by atoms with Crippen LogP contribution in [0.25, 0.3) is 11.1 Å². The molecule has 0 fully saturated rings. The minimum atomic E-state index is -0.578. The molecule has 12 heteroatoms. The van der Waals surface area contributed by atoms with E-state index in [0.29, 0.717) is 57.8 Å².